The zero-order chi connectivity index (χ0) is 20.8. The van der Waals surface area contributed by atoms with Crippen molar-refractivity contribution in [2.45, 2.75) is 0 Å². The van der Waals surface area contributed by atoms with Crippen LogP contribution in [0.4, 0.5) is 5.69 Å². The number of likely N-dealkylation sites (N-methyl/N-ethyl adjacent to an activating group) is 1. The summed E-state index contributed by atoms with van der Waals surface area (Å²) in [6.07, 6.45) is 0. The lowest BCUT2D eigenvalue weighted by atomic mass is 10.0. The van der Waals surface area contributed by atoms with Gasteiger partial charge in [0.1, 0.15) is 12.3 Å². The standard InChI is InChI=1S/C23H27N5O2/c1-25-8-11-30-22-16-20(28-9-12-29-13-10-28)15-21(26-22)23(27-24)19-7-6-17-4-2-3-5-18(17)14-19/h2-7,14-16,25H,8-13,24H2,1H3. The number of hydrogen-bond acceptors (Lipinski definition) is 7. The van der Waals surface area contributed by atoms with Gasteiger partial charge in [0, 0.05) is 37.0 Å². The molecular weight excluding hydrogens is 378 g/mol. The van der Waals surface area contributed by atoms with Crippen molar-refractivity contribution in [1.29, 1.82) is 0 Å². The summed E-state index contributed by atoms with van der Waals surface area (Å²) in [5.74, 6) is 6.41. The fourth-order valence-electron chi connectivity index (χ4n) is 3.57. The van der Waals surface area contributed by atoms with Gasteiger partial charge in [-0.25, -0.2) is 4.98 Å². The number of benzene rings is 2. The lowest BCUT2D eigenvalue weighted by Crippen LogP contribution is -2.36. The molecule has 4 rings (SSSR count). The Morgan fingerprint density at radius 2 is 1.93 bits per heavy atom. The molecule has 1 aliphatic rings. The van der Waals surface area contributed by atoms with Crippen LogP contribution in [0.15, 0.2) is 59.7 Å². The smallest absolute Gasteiger partial charge is 0.215 e. The van der Waals surface area contributed by atoms with Gasteiger partial charge in [-0.15, -0.1) is 0 Å². The molecule has 0 saturated carbocycles. The Kier molecular flexibility index (Phi) is 6.41. The number of ether oxygens (including phenoxy) is 2. The van der Waals surface area contributed by atoms with Crippen molar-refractivity contribution in [3.05, 3.63) is 65.9 Å². The predicted octanol–water partition coefficient (Wildman–Crippen LogP) is 2.38. The Morgan fingerprint density at radius 1 is 1.13 bits per heavy atom. The highest BCUT2D eigenvalue weighted by atomic mass is 16.5. The van der Waals surface area contributed by atoms with Crippen LogP contribution in [0.25, 0.3) is 10.8 Å². The molecule has 1 fully saturated rings. The van der Waals surface area contributed by atoms with Crippen LogP contribution in [0.1, 0.15) is 11.3 Å². The van der Waals surface area contributed by atoms with Gasteiger partial charge in [-0.3, -0.25) is 0 Å². The summed E-state index contributed by atoms with van der Waals surface area (Å²) < 4.78 is 11.4. The van der Waals surface area contributed by atoms with Gasteiger partial charge in [-0.2, -0.15) is 5.10 Å². The molecule has 2 aromatic carbocycles. The van der Waals surface area contributed by atoms with E-state index in [2.05, 4.69) is 39.6 Å². The molecule has 2 heterocycles. The van der Waals surface area contributed by atoms with Crippen LogP contribution in [0.5, 0.6) is 5.88 Å². The second-order valence-corrected chi connectivity index (χ2v) is 7.14. The van der Waals surface area contributed by atoms with Crippen LogP contribution in [-0.2, 0) is 4.74 Å². The Morgan fingerprint density at radius 3 is 2.70 bits per heavy atom. The van der Waals surface area contributed by atoms with Crippen molar-refractivity contribution in [3.63, 3.8) is 0 Å². The lowest BCUT2D eigenvalue weighted by Gasteiger charge is -2.29. The molecule has 156 valence electrons. The average molecular weight is 406 g/mol. The minimum atomic E-state index is 0.528. The van der Waals surface area contributed by atoms with Crippen LogP contribution < -0.4 is 20.8 Å². The quantitative estimate of drug-likeness (QED) is 0.272. The molecule has 0 unspecified atom stereocenters. The molecule has 0 atom stereocenters. The van der Waals surface area contributed by atoms with Crippen LogP contribution in [0.3, 0.4) is 0 Å². The fourth-order valence-corrected chi connectivity index (χ4v) is 3.57. The number of pyridine rings is 1. The summed E-state index contributed by atoms with van der Waals surface area (Å²) in [5, 5.41) is 9.49. The Balaban J connectivity index is 1.72. The number of hydrogen-bond donors (Lipinski definition) is 2. The number of rotatable bonds is 7. The van der Waals surface area contributed by atoms with E-state index < -0.39 is 0 Å². The first kappa shape index (κ1) is 20.1. The number of aromatic nitrogens is 1. The van der Waals surface area contributed by atoms with Crippen molar-refractivity contribution < 1.29 is 9.47 Å². The second-order valence-electron chi connectivity index (χ2n) is 7.14. The minimum absolute atomic E-state index is 0.528. The zero-order valence-electron chi connectivity index (χ0n) is 17.2. The Bertz CT molecular complexity index is 1030. The SMILES string of the molecule is CNCCOc1cc(N2CCOCC2)cc(C(=NN)c2ccc3ccccc3c2)n1. The molecule has 3 N–H and O–H groups in total. The number of morpholine rings is 1. The largest absolute Gasteiger partial charge is 0.476 e. The number of anilines is 1. The maximum absolute atomic E-state index is 5.89. The number of nitrogens with one attached hydrogen (secondary N) is 1. The van der Waals surface area contributed by atoms with Gasteiger partial charge < -0.3 is 25.5 Å². The summed E-state index contributed by atoms with van der Waals surface area (Å²) in [6.45, 7) is 4.32. The highest BCUT2D eigenvalue weighted by Crippen LogP contribution is 2.25. The molecule has 7 nitrogen and oxygen atoms in total. The molecule has 7 heteroatoms. The maximum atomic E-state index is 5.89. The third kappa shape index (κ3) is 4.53. The average Bonchev–Trinajstić information content (AvgIpc) is 2.80. The van der Waals surface area contributed by atoms with Crippen LogP contribution in [0.2, 0.25) is 0 Å². The van der Waals surface area contributed by atoms with Gasteiger partial charge >= 0.3 is 0 Å². The minimum Gasteiger partial charge on any atom is -0.476 e. The van der Waals surface area contributed by atoms with E-state index in [1.54, 1.807) is 0 Å². The van der Waals surface area contributed by atoms with Gasteiger partial charge in [0.05, 0.1) is 18.9 Å². The summed E-state index contributed by atoms with van der Waals surface area (Å²) in [7, 11) is 1.89. The highest BCUT2D eigenvalue weighted by Gasteiger charge is 2.17. The first-order valence-electron chi connectivity index (χ1n) is 10.2. The number of nitrogens with zero attached hydrogens (tertiary/aromatic N) is 3. The predicted molar refractivity (Wildman–Crippen MR) is 120 cm³/mol. The maximum Gasteiger partial charge on any atom is 0.215 e. The molecule has 1 aliphatic heterocycles. The van der Waals surface area contributed by atoms with Crippen LogP contribution in [-0.4, -0.2) is 57.2 Å². The van der Waals surface area contributed by atoms with Crippen molar-refractivity contribution in [2.75, 3.05) is 51.4 Å². The summed E-state index contributed by atoms with van der Waals surface area (Å²) in [5.41, 5.74) is 3.28. The highest BCUT2D eigenvalue weighted by molar-refractivity contribution is 6.13. The van der Waals surface area contributed by atoms with Crippen molar-refractivity contribution in [2.24, 2.45) is 10.9 Å². The molecule has 1 aromatic heterocycles. The van der Waals surface area contributed by atoms with E-state index in [1.807, 2.05) is 37.4 Å². The van der Waals surface area contributed by atoms with Crippen molar-refractivity contribution >= 4 is 22.2 Å². The molecule has 0 aliphatic carbocycles. The Hall–Kier alpha value is -3.16. The zero-order valence-corrected chi connectivity index (χ0v) is 17.2. The monoisotopic (exact) mass is 405 g/mol. The van der Waals surface area contributed by atoms with E-state index in [0.717, 1.165) is 36.3 Å². The molecule has 0 bridgehead atoms. The Labute approximate surface area is 176 Å². The molecule has 3 aromatic rings. The van der Waals surface area contributed by atoms with E-state index in [4.69, 9.17) is 20.3 Å². The summed E-state index contributed by atoms with van der Waals surface area (Å²) in [4.78, 5) is 6.98. The lowest BCUT2D eigenvalue weighted by molar-refractivity contribution is 0.122. The van der Waals surface area contributed by atoms with Gasteiger partial charge in [0.2, 0.25) is 5.88 Å². The van der Waals surface area contributed by atoms with Crippen molar-refractivity contribution in [3.8, 4) is 5.88 Å². The van der Waals surface area contributed by atoms with E-state index in [1.165, 1.54) is 5.39 Å². The fraction of sp³-hybridized carbons (Fsp3) is 0.304. The van der Waals surface area contributed by atoms with Crippen LogP contribution >= 0.6 is 0 Å². The molecule has 0 spiro atoms. The third-order valence-corrected chi connectivity index (χ3v) is 5.16. The van der Waals surface area contributed by atoms with E-state index in [9.17, 15) is 0 Å². The first-order valence-corrected chi connectivity index (χ1v) is 10.2. The van der Waals surface area contributed by atoms with Gasteiger partial charge in [0.25, 0.3) is 0 Å². The molecular formula is C23H27N5O2. The topological polar surface area (TPSA) is 85.0 Å². The van der Waals surface area contributed by atoms with Crippen molar-refractivity contribution in [1.82, 2.24) is 10.3 Å². The molecule has 1 saturated heterocycles. The normalized spacial score (nSPS) is 14.8. The third-order valence-electron chi connectivity index (χ3n) is 5.16. The van der Waals surface area contributed by atoms with Gasteiger partial charge in [0.15, 0.2) is 0 Å². The first-order chi connectivity index (χ1) is 14.8. The second kappa shape index (κ2) is 9.56. The molecule has 30 heavy (non-hydrogen) atoms. The number of nitrogens with two attached hydrogens (primary N) is 1. The number of hydrazone groups is 1. The van der Waals surface area contributed by atoms with Gasteiger partial charge in [-0.1, -0.05) is 36.4 Å². The molecule has 0 radical (unpaired) electrons. The van der Waals surface area contributed by atoms with Gasteiger partial charge in [-0.05, 0) is 30.0 Å². The van der Waals surface area contributed by atoms with E-state index >= 15 is 0 Å². The number of fused-ring (bicyclic) bond motifs is 1. The van der Waals surface area contributed by atoms with E-state index in [0.29, 0.717) is 37.1 Å². The van der Waals surface area contributed by atoms with Crippen LogP contribution in [0, 0.1) is 0 Å². The summed E-state index contributed by atoms with van der Waals surface area (Å²) >= 11 is 0. The van der Waals surface area contributed by atoms with E-state index in [-0.39, 0.29) is 0 Å². The molecule has 0 amide bonds. The summed E-state index contributed by atoms with van der Waals surface area (Å²) in [6, 6.07) is 18.4.